The van der Waals surface area contributed by atoms with Gasteiger partial charge in [-0.1, -0.05) is 23.7 Å². The Balaban J connectivity index is 2.12. The Morgan fingerprint density at radius 2 is 2.16 bits per heavy atom. The number of hydrogen-bond donors (Lipinski definition) is 1. The first-order valence-electron chi connectivity index (χ1n) is 6.01. The number of aryl methyl sites for hydroxylation is 1. The van der Waals surface area contributed by atoms with E-state index >= 15 is 0 Å². The van der Waals surface area contributed by atoms with Crippen molar-refractivity contribution in [3.63, 3.8) is 0 Å². The summed E-state index contributed by atoms with van der Waals surface area (Å²) in [7, 11) is 0. The average molecular weight is 275 g/mol. The van der Waals surface area contributed by atoms with Gasteiger partial charge in [-0.05, 0) is 36.2 Å². The van der Waals surface area contributed by atoms with Crippen molar-refractivity contribution in [2.45, 2.75) is 13.3 Å². The van der Waals surface area contributed by atoms with Crippen molar-refractivity contribution in [2.75, 3.05) is 0 Å². The molecule has 1 aromatic carbocycles. The van der Waals surface area contributed by atoms with E-state index in [1.165, 1.54) is 6.07 Å². The fourth-order valence-electron chi connectivity index (χ4n) is 2.36. The molecule has 0 spiro atoms. The molecule has 2 aromatic heterocycles. The summed E-state index contributed by atoms with van der Waals surface area (Å²) in [6, 6.07) is 8.51. The second kappa shape index (κ2) is 4.67. The van der Waals surface area contributed by atoms with Crippen LogP contribution in [0.3, 0.4) is 0 Å². The molecule has 96 valence electrons. The third kappa shape index (κ3) is 2.22. The minimum absolute atomic E-state index is 0.223. The minimum atomic E-state index is -0.223. The maximum atomic E-state index is 13.2. The Bertz CT molecular complexity index is 749. The maximum absolute atomic E-state index is 13.2. The largest absolute Gasteiger partial charge is 0.358 e. The number of nitrogens with zero attached hydrogens (tertiary/aromatic N) is 1. The first-order valence-corrected chi connectivity index (χ1v) is 6.39. The summed E-state index contributed by atoms with van der Waals surface area (Å²) in [6.45, 7) is 1.99. The van der Waals surface area contributed by atoms with Gasteiger partial charge < -0.3 is 4.98 Å². The van der Waals surface area contributed by atoms with Crippen LogP contribution in [0.1, 0.15) is 16.8 Å². The van der Waals surface area contributed by atoms with E-state index in [0.717, 1.165) is 27.7 Å². The van der Waals surface area contributed by atoms with Crippen LogP contribution in [-0.4, -0.2) is 9.97 Å². The van der Waals surface area contributed by atoms with Crippen LogP contribution in [0.2, 0.25) is 5.15 Å². The van der Waals surface area contributed by atoms with Gasteiger partial charge in [0.15, 0.2) is 0 Å². The number of nitrogens with one attached hydrogen (secondary N) is 1. The lowest BCUT2D eigenvalue weighted by Crippen LogP contribution is -1.91. The fraction of sp³-hybridized carbons (Fsp3) is 0.133. The van der Waals surface area contributed by atoms with Gasteiger partial charge in [0.25, 0.3) is 0 Å². The van der Waals surface area contributed by atoms with Crippen LogP contribution in [-0.2, 0) is 6.42 Å². The zero-order valence-corrected chi connectivity index (χ0v) is 11.1. The number of hydrogen-bond acceptors (Lipinski definition) is 1. The molecule has 3 rings (SSSR count). The van der Waals surface area contributed by atoms with Gasteiger partial charge in [-0.25, -0.2) is 9.37 Å². The first kappa shape index (κ1) is 12.2. The van der Waals surface area contributed by atoms with Crippen molar-refractivity contribution in [1.82, 2.24) is 9.97 Å². The second-order valence-electron chi connectivity index (χ2n) is 4.56. The van der Waals surface area contributed by atoms with Crippen LogP contribution < -0.4 is 0 Å². The number of benzene rings is 1. The van der Waals surface area contributed by atoms with Crippen LogP contribution in [0.25, 0.3) is 10.9 Å². The first-order chi connectivity index (χ1) is 9.15. The molecule has 2 nitrogen and oxygen atoms in total. The highest BCUT2D eigenvalue weighted by molar-refractivity contribution is 6.34. The number of halogens is 2. The molecular formula is C15H12ClFN2. The van der Waals surface area contributed by atoms with Gasteiger partial charge in [0, 0.05) is 23.7 Å². The molecule has 2 heterocycles. The molecule has 0 saturated carbocycles. The van der Waals surface area contributed by atoms with Gasteiger partial charge in [0.05, 0.1) is 5.52 Å². The average Bonchev–Trinajstić information content (AvgIpc) is 2.67. The predicted molar refractivity (Wildman–Crippen MR) is 75.0 cm³/mol. The van der Waals surface area contributed by atoms with E-state index in [9.17, 15) is 4.39 Å². The lowest BCUT2D eigenvalue weighted by Gasteiger charge is -2.03. The lowest BCUT2D eigenvalue weighted by atomic mass is 10.0. The van der Waals surface area contributed by atoms with E-state index < -0.39 is 0 Å². The van der Waals surface area contributed by atoms with Gasteiger partial charge in [-0.15, -0.1) is 0 Å². The smallest absolute Gasteiger partial charge is 0.138 e. The molecule has 0 saturated heterocycles. The Hall–Kier alpha value is -1.87. The summed E-state index contributed by atoms with van der Waals surface area (Å²) >= 11 is 6.17. The summed E-state index contributed by atoms with van der Waals surface area (Å²) in [6.07, 6.45) is 2.31. The van der Waals surface area contributed by atoms with E-state index in [2.05, 4.69) is 9.97 Å². The molecule has 3 aromatic rings. The molecule has 0 bridgehead atoms. The number of aromatic nitrogens is 2. The van der Waals surface area contributed by atoms with Crippen molar-refractivity contribution < 1.29 is 4.39 Å². The van der Waals surface area contributed by atoms with E-state index in [-0.39, 0.29) is 5.82 Å². The molecule has 0 unspecified atom stereocenters. The Morgan fingerprint density at radius 1 is 1.32 bits per heavy atom. The van der Waals surface area contributed by atoms with Crippen LogP contribution in [0.5, 0.6) is 0 Å². The van der Waals surface area contributed by atoms with Crippen LogP contribution in [0.15, 0.2) is 36.5 Å². The van der Waals surface area contributed by atoms with Crippen molar-refractivity contribution in [3.05, 3.63) is 64.3 Å². The molecule has 19 heavy (non-hydrogen) atoms. The molecule has 0 aliphatic carbocycles. The van der Waals surface area contributed by atoms with Crippen LogP contribution >= 0.6 is 11.6 Å². The molecule has 0 amide bonds. The van der Waals surface area contributed by atoms with Crippen molar-refractivity contribution in [1.29, 1.82) is 0 Å². The van der Waals surface area contributed by atoms with Gasteiger partial charge in [-0.3, -0.25) is 0 Å². The lowest BCUT2D eigenvalue weighted by molar-refractivity contribution is 0.626. The summed E-state index contributed by atoms with van der Waals surface area (Å²) in [5.41, 5.74) is 3.99. The van der Waals surface area contributed by atoms with Crippen LogP contribution in [0, 0.1) is 12.7 Å². The predicted octanol–water partition coefficient (Wildman–Crippen LogP) is 4.25. The van der Waals surface area contributed by atoms with Crippen molar-refractivity contribution in [2.24, 2.45) is 0 Å². The van der Waals surface area contributed by atoms with E-state index in [0.29, 0.717) is 11.6 Å². The summed E-state index contributed by atoms with van der Waals surface area (Å²) in [4.78, 5) is 7.40. The summed E-state index contributed by atoms with van der Waals surface area (Å²) in [5, 5.41) is 1.40. The Morgan fingerprint density at radius 3 is 2.95 bits per heavy atom. The zero-order valence-electron chi connectivity index (χ0n) is 10.4. The fourth-order valence-corrected chi connectivity index (χ4v) is 2.64. The minimum Gasteiger partial charge on any atom is -0.358 e. The third-order valence-corrected chi connectivity index (χ3v) is 3.54. The molecule has 0 radical (unpaired) electrons. The molecule has 0 aliphatic heterocycles. The summed E-state index contributed by atoms with van der Waals surface area (Å²) in [5.74, 6) is -0.223. The SMILES string of the molecule is Cc1[nH]c2ccnc(Cl)c2c1Cc1cccc(F)c1. The Labute approximate surface area is 115 Å². The van der Waals surface area contributed by atoms with Gasteiger partial charge in [0.2, 0.25) is 0 Å². The Kier molecular flexibility index (Phi) is 2.99. The third-order valence-electron chi connectivity index (χ3n) is 3.25. The van der Waals surface area contributed by atoms with E-state index in [1.54, 1.807) is 18.3 Å². The van der Waals surface area contributed by atoms with Gasteiger partial charge >= 0.3 is 0 Å². The molecular weight excluding hydrogens is 263 g/mol. The molecule has 0 atom stereocenters. The topological polar surface area (TPSA) is 28.7 Å². The van der Waals surface area contributed by atoms with E-state index in [1.807, 2.05) is 19.1 Å². The summed E-state index contributed by atoms with van der Waals surface area (Å²) < 4.78 is 13.2. The molecule has 0 fully saturated rings. The van der Waals surface area contributed by atoms with Crippen LogP contribution in [0.4, 0.5) is 4.39 Å². The monoisotopic (exact) mass is 274 g/mol. The second-order valence-corrected chi connectivity index (χ2v) is 4.92. The van der Waals surface area contributed by atoms with Gasteiger partial charge in [0.1, 0.15) is 11.0 Å². The van der Waals surface area contributed by atoms with E-state index in [4.69, 9.17) is 11.6 Å². The highest BCUT2D eigenvalue weighted by Crippen LogP contribution is 2.29. The molecule has 4 heteroatoms. The number of H-pyrrole nitrogens is 1. The maximum Gasteiger partial charge on any atom is 0.138 e. The highest BCUT2D eigenvalue weighted by Gasteiger charge is 2.12. The number of pyridine rings is 1. The van der Waals surface area contributed by atoms with Gasteiger partial charge in [-0.2, -0.15) is 0 Å². The standard InChI is InChI=1S/C15H12ClFN2/c1-9-12(8-10-3-2-4-11(17)7-10)14-13(19-9)5-6-18-15(14)16/h2-7,19H,8H2,1H3. The number of aromatic amines is 1. The number of fused-ring (bicyclic) bond motifs is 1. The highest BCUT2D eigenvalue weighted by atomic mass is 35.5. The zero-order chi connectivity index (χ0) is 13.4. The quantitative estimate of drug-likeness (QED) is 0.695. The number of rotatable bonds is 2. The van der Waals surface area contributed by atoms with Crippen molar-refractivity contribution in [3.8, 4) is 0 Å². The molecule has 1 N–H and O–H groups in total. The molecule has 0 aliphatic rings. The normalized spacial score (nSPS) is 11.1. The van der Waals surface area contributed by atoms with Crippen molar-refractivity contribution >= 4 is 22.5 Å².